The lowest BCUT2D eigenvalue weighted by atomic mass is 10.2. The summed E-state index contributed by atoms with van der Waals surface area (Å²) in [5.41, 5.74) is 3.93. The lowest BCUT2D eigenvalue weighted by Crippen LogP contribution is -2.17. The van der Waals surface area contributed by atoms with Gasteiger partial charge in [-0.2, -0.15) is 0 Å². The number of carbonyl (C=O) groups is 1. The molecule has 104 valence electrons. The molecule has 0 bridgehead atoms. The number of pyridine rings is 1. The molecule has 0 aliphatic carbocycles. The largest absolute Gasteiger partial charge is 0.495 e. The summed E-state index contributed by atoms with van der Waals surface area (Å²) in [6, 6.07) is 6.89. The van der Waals surface area contributed by atoms with Crippen molar-refractivity contribution >= 4 is 33.2 Å². The van der Waals surface area contributed by atoms with Crippen LogP contribution >= 0.6 is 15.9 Å². The van der Waals surface area contributed by atoms with Gasteiger partial charge in [-0.05, 0) is 34.1 Å². The summed E-state index contributed by atoms with van der Waals surface area (Å²) in [7, 11) is 1.56. The molecule has 0 aliphatic rings. The number of hydrogen-bond donors (Lipinski definition) is 3. The van der Waals surface area contributed by atoms with Crippen molar-refractivity contribution in [3.63, 3.8) is 0 Å². The van der Waals surface area contributed by atoms with Crippen molar-refractivity contribution in [3.8, 4) is 5.75 Å². The third-order valence-corrected chi connectivity index (χ3v) is 3.29. The molecule has 1 amide bonds. The summed E-state index contributed by atoms with van der Waals surface area (Å²) in [4.78, 5) is 16.1. The molecule has 0 atom stereocenters. The Labute approximate surface area is 124 Å². The van der Waals surface area contributed by atoms with Crippen molar-refractivity contribution in [2.75, 3.05) is 17.9 Å². The number of ether oxygens (including phenoxy) is 1. The molecule has 0 aliphatic heterocycles. The molecular weight excluding hydrogens is 324 g/mol. The maximum absolute atomic E-state index is 12.2. The minimum absolute atomic E-state index is 0.310. The number of nitrogens with zero attached hydrogens (tertiary/aromatic N) is 1. The average Bonchev–Trinajstić information content (AvgIpc) is 2.49. The zero-order valence-corrected chi connectivity index (χ0v) is 12.3. The van der Waals surface area contributed by atoms with E-state index in [-0.39, 0.29) is 5.91 Å². The van der Waals surface area contributed by atoms with E-state index in [0.29, 0.717) is 22.7 Å². The van der Waals surface area contributed by atoms with Crippen molar-refractivity contribution in [1.29, 1.82) is 0 Å². The van der Waals surface area contributed by atoms with Gasteiger partial charge in [0.15, 0.2) is 0 Å². The number of nitrogens with one attached hydrogen (secondary N) is 2. The molecule has 0 unspecified atom stereocenters. The highest BCUT2D eigenvalue weighted by Crippen LogP contribution is 2.28. The highest BCUT2D eigenvalue weighted by molar-refractivity contribution is 9.10. The van der Waals surface area contributed by atoms with Crippen LogP contribution in [0.25, 0.3) is 0 Å². The Bertz CT molecular complexity index is 634. The van der Waals surface area contributed by atoms with Gasteiger partial charge in [0.05, 0.1) is 22.8 Å². The topological polar surface area (TPSA) is 89.3 Å². The number of rotatable bonds is 4. The first-order valence-electron chi connectivity index (χ1n) is 5.71. The van der Waals surface area contributed by atoms with E-state index in [4.69, 9.17) is 10.6 Å². The van der Waals surface area contributed by atoms with Crippen molar-refractivity contribution in [3.05, 3.63) is 46.7 Å². The first-order valence-corrected chi connectivity index (χ1v) is 6.50. The molecule has 0 radical (unpaired) electrons. The fraction of sp³-hybridized carbons (Fsp3) is 0.0769. The van der Waals surface area contributed by atoms with Crippen molar-refractivity contribution in [2.45, 2.75) is 0 Å². The number of nitrogens with two attached hydrogens (primary N) is 1. The van der Waals surface area contributed by atoms with Gasteiger partial charge in [-0.15, -0.1) is 0 Å². The van der Waals surface area contributed by atoms with E-state index < -0.39 is 0 Å². The Kier molecular flexibility index (Phi) is 4.54. The summed E-state index contributed by atoms with van der Waals surface area (Å²) in [6.07, 6.45) is 3.00. The first-order chi connectivity index (χ1) is 9.65. The molecule has 0 saturated carbocycles. The first kappa shape index (κ1) is 14.3. The smallest absolute Gasteiger partial charge is 0.259 e. The number of nitrogen functional groups attached to an aromatic ring is 1. The van der Waals surface area contributed by atoms with E-state index in [9.17, 15) is 4.79 Å². The van der Waals surface area contributed by atoms with Gasteiger partial charge < -0.3 is 15.5 Å². The number of anilines is 2. The maximum Gasteiger partial charge on any atom is 0.259 e. The standard InChI is InChI=1S/C13H13BrN4O2/c1-20-12-6-8(2-3-10(12)14)17-13(19)9-7-16-5-4-11(9)18-15/h2-7H,15H2,1H3,(H,16,18)(H,17,19). The second-order valence-electron chi connectivity index (χ2n) is 3.87. The number of hydrazine groups is 1. The van der Waals surface area contributed by atoms with E-state index in [2.05, 4.69) is 31.7 Å². The molecule has 7 heteroatoms. The molecule has 6 nitrogen and oxygen atoms in total. The number of hydrogen-bond acceptors (Lipinski definition) is 5. The van der Waals surface area contributed by atoms with Gasteiger partial charge in [-0.1, -0.05) is 0 Å². The van der Waals surface area contributed by atoms with Crippen LogP contribution in [0.4, 0.5) is 11.4 Å². The van der Waals surface area contributed by atoms with Crippen LogP contribution < -0.4 is 21.3 Å². The van der Waals surface area contributed by atoms with Crippen LogP contribution in [0.1, 0.15) is 10.4 Å². The molecule has 20 heavy (non-hydrogen) atoms. The lowest BCUT2D eigenvalue weighted by Gasteiger charge is -2.10. The number of amides is 1. The fourth-order valence-corrected chi connectivity index (χ4v) is 2.05. The van der Waals surface area contributed by atoms with Crippen LogP contribution in [-0.4, -0.2) is 18.0 Å². The summed E-state index contributed by atoms with van der Waals surface area (Å²) >= 11 is 3.35. The molecule has 0 saturated heterocycles. The second kappa shape index (κ2) is 6.36. The van der Waals surface area contributed by atoms with Crippen molar-refractivity contribution in [2.24, 2.45) is 5.84 Å². The van der Waals surface area contributed by atoms with Crippen LogP contribution in [-0.2, 0) is 0 Å². The van der Waals surface area contributed by atoms with Gasteiger partial charge >= 0.3 is 0 Å². The van der Waals surface area contributed by atoms with Crippen LogP contribution in [0, 0.1) is 0 Å². The van der Waals surface area contributed by atoms with Gasteiger partial charge in [0.1, 0.15) is 5.75 Å². The van der Waals surface area contributed by atoms with E-state index in [0.717, 1.165) is 4.47 Å². The maximum atomic E-state index is 12.2. The quantitative estimate of drug-likeness (QED) is 0.589. The zero-order chi connectivity index (χ0) is 14.5. The van der Waals surface area contributed by atoms with Gasteiger partial charge in [0, 0.05) is 24.1 Å². The number of benzene rings is 1. The molecule has 0 fully saturated rings. The van der Waals surface area contributed by atoms with Crippen molar-refractivity contribution < 1.29 is 9.53 Å². The number of aromatic nitrogens is 1. The Hall–Kier alpha value is -2.12. The molecule has 0 spiro atoms. The molecule has 2 rings (SSSR count). The van der Waals surface area contributed by atoms with E-state index in [1.165, 1.54) is 6.20 Å². The monoisotopic (exact) mass is 336 g/mol. The summed E-state index contributed by atoms with van der Waals surface area (Å²) in [5.74, 6) is 5.68. The number of carbonyl (C=O) groups excluding carboxylic acids is 1. The summed E-state index contributed by atoms with van der Waals surface area (Å²) in [6.45, 7) is 0. The normalized spacial score (nSPS) is 9.95. The van der Waals surface area contributed by atoms with Gasteiger partial charge in [-0.3, -0.25) is 15.6 Å². The van der Waals surface area contributed by atoms with Crippen LogP contribution in [0.5, 0.6) is 5.75 Å². The predicted molar refractivity (Wildman–Crippen MR) is 80.7 cm³/mol. The van der Waals surface area contributed by atoms with Gasteiger partial charge in [-0.25, -0.2) is 0 Å². The van der Waals surface area contributed by atoms with Crippen LogP contribution in [0.2, 0.25) is 0 Å². The predicted octanol–water partition coefficient (Wildman–Crippen LogP) is 2.39. The Morgan fingerprint density at radius 2 is 2.20 bits per heavy atom. The molecule has 2 aromatic rings. The fourth-order valence-electron chi connectivity index (χ4n) is 1.64. The lowest BCUT2D eigenvalue weighted by molar-refractivity contribution is 0.102. The molecule has 1 aromatic heterocycles. The van der Waals surface area contributed by atoms with Gasteiger partial charge in [0.25, 0.3) is 5.91 Å². The van der Waals surface area contributed by atoms with Crippen LogP contribution in [0.3, 0.4) is 0 Å². The molecule has 1 aromatic carbocycles. The minimum atomic E-state index is -0.310. The average molecular weight is 337 g/mol. The molecular formula is C13H13BrN4O2. The molecule has 1 heterocycles. The summed E-state index contributed by atoms with van der Waals surface area (Å²) in [5, 5.41) is 2.76. The third-order valence-electron chi connectivity index (χ3n) is 2.63. The minimum Gasteiger partial charge on any atom is -0.495 e. The third kappa shape index (κ3) is 3.06. The van der Waals surface area contributed by atoms with E-state index in [1.54, 1.807) is 37.6 Å². The van der Waals surface area contributed by atoms with E-state index >= 15 is 0 Å². The van der Waals surface area contributed by atoms with E-state index in [1.807, 2.05) is 0 Å². The Morgan fingerprint density at radius 3 is 2.90 bits per heavy atom. The molecule has 4 N–H and O–H groups in total. The zero-order valence-electron chi connectivity index (χ0n) is 10.7. The number of halogens is 1. The second-order valence-corrected chi connectivity index (χ2v) is 4.72. The van der Waals surface area contributed by atoms with Gasteiger partial charge in [0.2, 0.25) is 0 Å². The highest BCUT2D eigenvalue weighted by atomic mass is 79.9. The Morgan fingerprint density at radius 1 is 1.40 bits per heavy atom. The Balaban J connectivity index is 2.23. The van der Waals surface area contributed by atoms with Crippen molar-refractivity contribution in [1.82, 2.24) is 4.98 Å². The summed E-state index contributed by atoms with van der Waals surface area (Å²) < 4.78 is 5.98. The SMILES string of the molecule is COc1cc(NC(=O)c2cnccc2NN)ccc1Br. The van der Waals surface area contributed by atoms with Crippen LogP contribution in [0.15, 0.2) is 41.1 Å². The highest BCUT2D eigenvalue weighted by Gasteiger charge is 2.12. The number of methoxy groups -OCH3 is 1.